The molecule has 0 saturated heterocycles. The third-order valence-corrected chi connectivity index (χ3v) is 4.70. The molecule has 0 spiro atoms. The molecular weight excluding hydrogens is 349 g/mol. The van der Waals surface area contributed by atoms with E-state index in [0.717, 1.165) is 17.7 Å². The van der Waals surface area contributed by atoms with Crippen molar-refractivity contribution >= 4 is 5.69 Å². The molecule has 0 aromatic heterocycles. The molecule has 0 unspecified atom stereocenters. The van der Waals surface area contributed by atoms with Crippen LogP contribution >= 0.6 is 0 Å². The fourth-order valence-corrected chi connectivity index (χ4v) is 3.49. The number of benzene rings is 2. The van der Waals surface area contributed by atoms with Gasteiger partial charge in [-0.1, -0.05) is 0 Å². The van der Waals surface area contributed by atoms with Crippen LogP contribution in [0.15, 0.2) is 55.1 Å². The first kappa shape index (κ1) is 13.9. The van der Waals surface area contributed by atoms with Crippen LogP contribution in [0.3, 0.4) is 0 Å². The zero-order valence-corrected chi connectivity index (χ0v) is 13.1. The van der Waals surface area contributed by atoms with Gasteiger partial charge in [0.05, 0.1) is 0 Å². The monoisotopic (exact) mass is 366 g/mol. The number of aryl methyl sites for hydroxylation is 1. The van der Waals surface area contributed by atoms with Crippen molar-refractivity contribution in [3.05, 3.63) is 69.8 Å². The quantitative estimate of drug-likeness (QED) is 0.477. The maximum atomic E-state index is 6.04. The Bertz CT molecular complexity index is 566. The molecule has 19 heavy (non-hydrogen) atoms. The van der Waals surface area contributed by atoms with Crippen LogP contribution in [0.5, 0.6) is 5.75 Å². The molecule has 0 aliphatic heterocycles. The molecule has 0 radical (unpaired) electrons. The summed E-state index contributed by atoms with van der Waals surface area (Å²) in [7, 11) is 0. The molecule has 0 saturated carbocycles. The molecular formula is C16H17INO-. The van der Waals surface area contributed by atoms with Gasteiger partial charge in [0.1, 0.15) is 0 Å². The Balaban J connectivity index is 2.23. The Morgan fingerprint density at radius 2 is 1.95 bits per heavy atom. The standard InChI is InChI=1S/C16H17INO/c1-3-7-14-12(2)10-11-15(18)16(14)19-17-13-8-5-4-6-9-13/h3-6,8-11H,1,7,18H2,2H3/q-1. The summed E-state index contributed by atoms with van der Waals surface area (Å²) in [4.78, 5) is 0. The van der Waals surface area contributed by atoms with Crippen molar-refractivity contribution < 1.29 is 24.7 Å². The first-order valence-electron chi connectivity index (χ1n) is 6.08. The van der Waals surface area contributed by atoms with E-state index in [4.69, 9.17) is 8.80 Å². The third kappa shape index (κ3) is 3.50. The summed E-state index contributed by atoms with van der Waals surface area (Å²) >= 11 is -0.524. The van der Waals surface area contributed by atoms with Crippen LogP contribution in [0, 0.1) is 10.5 Å². The molecule has 2 rings (SSSR count). The van der Waals surface area contributed by atoms with Gasteiger partial charge in [0.2, 0.25) is 0 Å². The number of hydrogen-bond donors (Lipinski definition) is 1. The van der Waals surface area contributed by atoms with Crippen LogP contribution in [-0.4, -0.2) is 0 Å². The zero-order chi connectivity index (χ0) is 13.7. The summed E-state index contributed by atoms with van der Waals surface area (Å²) in [6.07, 6.45) is 2.67. The molecule has 3 heteroatoms. The van der Waals surface area contributed by atoms with Crippen molar-refractivity contribution in [2.24, 2.45) is 0 Å². The number of anilines is 1. The second kappa shape index (κ2) is 6.61. The Labute approximate surface area is 125 Å². The summed E-state index contributed by atoms with van der Waals surface area (Å²) in [6, 6.07) is 14.2. The molecule has 2 aromatic rings. The Hall–Kier alpha value is -1.49. The molecule has 0 aliphatic rings. The predicted molar refractivity (Wildman–Crippen MR) is 75.3 cm³/mol. The minimum atomic E-state index is -0.524. The normalized spacial score (nSPS) is 10.4. The number of rotatable bonds is 5. The summed E-state index contributed by atoms with van der Waals surface area (Å²) in [5.74, 6) is 0.830. The predicted octanol–water partition coefficient (Wildman–Crippen LogP) is 0.558. The van der Waals surface area contributed by atoms with E-state index >= 15 is 0 Å². The Morgan fingerprint density at radius 1 is 1.21 bits per heavy atom. The van der Waals surface area contributed by atoms with Gasteiger partial charge in [-0.3, -0.25) is 0 Å². The van der Waals surface area contributed by atoms with Crippen LogP contribution in [0.4, 0.5) is 5.69 Å². The molecule has 2 N–H and O–H groups in total. The number of halogens is 1. The van der Waals surface area contributed by atoms with Gasteiger partial charge in [-0.05, 0) is 0 Å². The molecule has 0 amide bonds. The van der Waals surface area contributed by atoms with E-state index in [0.29, 0.717) is 5.69 Å². The van der Waals surface area contributed by atoms with E-state index in [-0.39, 0.29) is 0 Å². The topological polar surface area (TPSA) is 35.2 Å². The van der Waals surface area contributed by atoms with Crippen LogP contribution in [-0.2, 0) is 6.42 Å². The Morgan fingerprint density at radius 3 is 2.63 bits per heavy atom. The van der Waals surface area contributed by atoms with Crippen molar-refractivity contribution in [1.82, 2.24) is 0 Å². The van der Waals surface area contributed by atoms with Gasteiger partial charge in [-0.2, -0.15) is 0 Å². The molecule has 2 aromatic carbocycles. The second-order valence-corrected chi connectivity index (χ2v) is 6.35. The first-order valence-corrected chi connectivity index (χ1v) is 8.04. The van der Waals surface area contributed by atoms with Crippen molar-refractivity contribution in [2.75, 3.05) is 5.73 Å². The van der Waals surface area contributed by atoms with Gasteiger partial charge in [0.25, 0.3) is 0 Å². The van der Waals surface area contributed by atoms with Gasteiger partial charge in [0, 0.05) is 0 Å². The van der Waals surface area contributed by atoms with Crippen molar-refractivity contribution in [2.45, 2.75) is 13.3 Å². The van der Waals surface area contributed by atoms with E-state index in [2.05, 4.69) is 25.6 Å². The van der Waals surface area contributed by atoms with Gasteiger partial charge >= 0.3 is 125 Å². The third-order valence-electron chi connectivity index (χ3n) is 2.81. The molecule has 0 bridgehead atoms. The molecule has 0 fully saturated rings. The molecule has 0 heterocycles. The zero-order valence-electron chi connectivity index (χ0n) is 10.9. The number of nitrogen functional groups attached to an aromatic ring is 1. The summed E-state index contributed by atoms with van der Waals surface area (Å²) in [6.45, 7) is 5.87. The summed E-state index contributed by atoms with van der Waals surface area (Å²) in [5.41, 5.74) is 9.09. The van der Waals surface area contributed by atoms with E-state index in [9.17, 15) is 0 Å². The minimum absolute atomic E-state index is 0.524. The number of hydrogen-bond acceptors (Lipinski definition) is 2. The molecule has 2 nitrogen and oxygen atoms in total. The second-order valence-electron chi connectivity index (χ2n) is 4.22. The first-order chi connectivity index (χ1) is 9.22. The summed E-state index contributed by atoms with van der Waals surface area (Å²) in [5, 5.41) is 0. The SMILES string of the molecule is C=CCc1c(C)ccc(N)c1O[I-]c1ccccc1. The fourth-order valence-electron chi connectivity index (χ4n) is 1.78. The van der Waals surface area contributed by atoms with Crippen LogP contribution in [0.1, 0.15) is 11.1 Å². The Kier molecular flexibility index (Phi) is 4.85. The molecule has 0 atom stereocenters. The van der Waals surface area contributed by atoms with Crippen molar-refractivity contribution in [3.8, 4) is 5.75 Å². The maximum absolute atomic E-state index is 6.04. The van der Waals surface area contributed by atoms with E-state index in [1.54, 1.807) is 0 Å². The van der Waals surface area contributed by atoms with Crippen molar-refractivity contribution in [1.29, 1.82) is 0 Å². The summed E-state index contributed by atoms with van der Waals surface area (Å²) < 4.78 is 7.27. The van der Waals surface area contributed by atoms with Gasteiger partial charge in [-0.15, -0.1) is 0 Å². The van der Waals surface area contributed by atoms with E-state index < -0.39 is 21.6 Å². The van der Waals surface area contributed by atoms with E-state index in [1.807, 2.05) is 36.4 Å². The fraction of sp³-hybridized carbons (Fsp3) is 0.125. The van der Waals surface area contributed by atoms with Crippen LogP contribution in [0.25, 0.3) is 0 Å². The van der Waals surface area contributed by atoms with E-state index in [1.165, 1.54) is 9.13 Å². The van der Waals surface area contributed by atoms with Gasteiger partial charge < -0.3 is 0 Å². The van der Waals surface area contributed by atoms with Crippen LogP contribution < -0.4 is 30.4 Å². The number of nitrogens with two attached hydrogens (primary N) is 1. The molecule has 0 aliphatic carbocycles. The van der Waals surface area contributed by atoms with Crippen LogP contribution in [0.2, 0.25) is 0 Å². The average Bonchev–Trinajstić information content (AvgIpc) is 2.43. The van der Waals surface area contributed by atoms with Gasteiger partial charge in [-0.25, -0.2) is 0 Å². The van der Waals surface area contributed by atoms with Gasteiger partial charge in [0.15, 0.2) is 0 Å². The molecule has 100 valence electrons. The number of allylic oxidation sites excluding steroid dienone is 1. The van der Waals surface area contributed by atoms with Crippen molar-refractivity contribution in [3.63, 3.8) is 0 Å². The average molecular weight is 366 g/mol.